The van der Waals surface area contributed by atoms with E-state index in [0.717, 1.165) is 19.3 Å². The lowest BCUT2D eigenvalue weighted by atomic mass is 10.1. The summed E-state index contributed by atoms with van der Waals surface area (Å²) in [5.41, 5.74) is 0. The van der Waals surface area contributed by atoms with Gasteiger partial charge in [-0.2, -0.15) is 0 Å². The van der Waals surface area contributed by atoms with Crippen LogP contribution < -0.4 is 5.32 Å². The van der Waals surface area contributed by atoms with E-state index in [1.807, 2.05) is 13.8 Å². The third kappa shape index (κ3) is 3.62. The monoisotopic (exact) mass is 239 g/mol. The maximum atomic E-state index is 11.7. The molecular formula is C12H17NO4. The second-order valence-corrected chi connectivity index (χ2v) is 3.84. The van der Waals surface area contributed by atoms with Crippen LogP contribution in [0, 0.1) is 0 Å². The minimum atomic E-state index is -1.18. The molecule has 1 atom stereocenters. The lowest BCUT2D eigenvalue weighted by Gasteiger charge is -2.14. The molecule has 0 aromatic carbocycles. The van der Waals surface area contributed by atoms with Crippen LogP contribution in [-0.2, 0) is 0 Å². The number of rotatable bonds is 6. The lowest BCUT2D eigenvalue weighted by Crippen LogP contribution is -2.34. The zero-order chi connectivity index (χ0) is 12.8. The molecule has 0 saturated heterocycles. The van der Waals surface area contributed by atoms with Crippen molar-refractivity contribution in [1.29, 1.82) is 0 Å². The Hall–Kier alpha value is -1.78. The summed E-state index contributed by atoms with van der Waals surface area (Å²) >= 11 is 0. The van der Waals surface area contributed by atoms with Gasteiger partial charge in [-0.25, -0.2) is 4.79 Å². The third-order valence-electron chi connectivity index (χ3n) is 2.51. The van der Waals surface area contributed by atoms with Crippen molar-refractivity contribution in [2.24, 2.45) is 0 Å². The third-order valence-corrected chi connectivity index (χ3v) is 2.51. The molecule has 5 nitrogen and oxygen atoms in total. The second-order valence-electron chi connectivity index (χ2n) is 3.84. The maximum absolute atomic E-state index is 11.7. The van der Waals surface area contributed by atoms with Crippen LogP contribution in [0.4, 0.5) is 0 Å². The van der Waals surface area contributed by atoms with Gasteiger partial charge in [-0.3, -0.25) is 4.79 Å². The van der Waals surface area contributed by atoms with Gasteiger partial charge in [-0.05, 0) is 25.0 Å². The molecule has 0 aliphatic heterocycles. The molecule has 5 heteroatoms. The number of aromatic carboxylic acids is 1. The number of carbonyl (C=O) groups is 2. The Morgan fingerprint density at radius 1 is 1.35 bits per heavy atom. The number of furan rings is 1. The first-order valence-electron chi connectivity index (χ1n) is 5.72. The van der Waals surface area contributed by atoms with Crippen LogP contribution in [0.1, 0.15) is 54.2 Å². The number of hydrogen-bond acceptors (Lipinski definition) is 3. The van der Waals surface area contributed by atoms with Gasteiger partial charge < -0.3 is 14.8 Å². The van der Waals surface area contributed by atoms with E-state index in [-0.39, 0.29) is 23.5 Å². The quantitative estimate of drug-likeness (QED) is 0.798. The van der Waals surface area contributed by atoms with Gasteiger partial charge >= 0.3 is 5.97 Å². The van der Waals surface area contributed by atoms with Crippen LogP contribution >= 0.6 is 0 Å². The molecule has 0 aliphatic carbocycles. The highest BCUT2D eigenvalue weighted by atomic mass is 16.4. The van der Waals surface area contributed by atoms with Crippen molar-refractivity contribution in [2.45, 2.75) is 39.2 Å². The summed E-state index contributed by atoms with van der Waals surface area (Å²) in [6, 6.07) is 2.75. The molecule has 0 bridgehead atoms. The minimum absolute atomic E-state index is 0.0388. The number of nitrogens with one attached hydrogen (secondary N) is 1. The Kier molecular flexibility index (Phi) is 4.75. The van der Waals surface area contributed by atoms with Crippen molar-refractivity contribution in [1.82, 2.24) is 5.32 Å². The van der Waals surface area contributed by atoms with Crippen molar-refractivity contribution < 1.29 is 19.1 Å². The number of carbonyl (C=O) groups excluding carboxylic acids is 1. The van der Waals surface area contributed by atoms with E-state index in [1.165, 1.54) is 12.1 Å². The SMILES string of the molecule is CCCC(CC)NC(=O)c1ccc(C(=O)O)o1. The molecule has 1 amide bonds. The molecule has 17 heavy (non-hydrogen) atoms. The summed E-state index contributed by atoms with van der Waals surface area (Å²) in [5.74, 6) is -1.72. The molecule has 1 heterocycles. The summed E-state index contributed by atoms with van der Waals surface area (Å²) in [6.07, 6.45) is 2.72. The molecule has 0 saturated carbocycles. The molecule has 2 N–H and O–H groups in total. The number of carboxylic acid groups (broad SMARTS) is 1. The van der Waals surface area contributed by atoms with Gasteiger partial charge in [0, 0.05) is 6.04 Å². The van der Waals surface area contributed by atoms with Crippen LogP contribution in [-0.4, -0.2) is 23.0 Å². The molecule has 1 aromatic rings. The molecule has 1 unspecified atom stereocenters. The van der Waals surface area contributed by atoms with Crippen LogP contribution in [0.5, 0.6) is 0 Å². The second kappa shape index (κ2) is 6.08. The van der Waals surface area contributed by atoms with Gasteiger partial charge in [0.2, 0.25) is 5.76 Å². The van der Waals surface area contributed by atoms with Gasteiger partial charge in [0.15, 0.2) is 5.76 Å². The predicted octanol–water partition coefficient (Wildman–Crippen LogP) is 2.29. The summed E-state index contributed by atoms with van der Waals surface area (Å²) in [7, 11) is 0. The fraction of sp³-hybridized carbons (Fsp3) is 0.500. The van der Waals surface area contributed by atoms with Crippen molar-refractivity contribution in [3.63, 3.8) is 0 Å². The number of hydrogen-bond donors (Lipinski definition) is 2. The van der Waals surface area contributed by atoms with Crippen molar-refractivity contribution >= 4 is 11.9 Å². The van der Waals surface area contributed by atoms with Gasteiger partial charge in [-0.1, -0.05) is 20.3 Å². The normalized spacial score (nSPS) is 12.1. The van der Waals surface area contributed by atoms with E-state index in [0.29, 0.717) is 0 Å². The van der Waals surface area contributed by atoms with Crippen molar-refractivity contribution in [3.8, 4) is 0 Å². The lowest BCUT2D eigenvalue weighted by molar-refractivity contribution is 0.0659. The largest absolute Gasteiger partial charge is 0.475 e. The van der Waals surface area contributed by atoms with Crippen molar-refractivity contribution in [3.05, 3.63) is 23.7 Å². The van der Waals surface area contributed by atoms with Crippen LogP contribution in [0.2, 0.25) is 0 Å². The summed E-state index contributed by atoms with van der Waals surface area (Å²) < 4.78 is 4.92. The molecule has 0 aliphatic rings. The summed E-state index contributed by atoms with van der Waals surface area (Å²) in [6.45, 7) is 4.04. The van der Waals surface area contributed by atoms with Gasteiger partial charge in [0.25, 0.3) is 5.91 Å². The van der Waals surface area contributed by atoms with E-state index in [4.69, 9.17) is 9.52 Å². The Morgan fingerprint density at radius 3 is 2.47 bits per heavy atom. The van der Waals surface area contributed by atoms with E-state index in [2.05, 4.69) is 5.32 Å². The highest BCUT2D eigenvalue weighted by Gasteiger charge is 2.17. The van der Waals surface area contributed by atoms with Crippen molar-refractivity contribution in [2.75, 3.05) is 0 Å². The Balaban J connectivity index is 2.65. The van der Waals surface area contributed by atoms with Crippen LogP contribution in [0.15, 0.2) is 16.5 Å². The fourth-order valence-electron chi connectivity index (χ4n) is 1.56. The Bertz CT molecular complexity index is 397. The molecule has 1 aromatic heterocycles. The average molecular weight is 239 g/mol. The molecule has 1 rings (SSSR count). The first kappa shape index (κ1) is 13.3. The van der Waals surface area contributed by atoms with Gasteiger partial charge in [0.1, 0.15) is 0 Å². The van der Waals surface area contributed by atoms with E-state index >= 15 is 0 Å². The van der Waals surface area contributed by atoms with E-state index < -0.39 is 5.97 Å². The standard InChI is InChI=1S/C12H17NO4/c1-3-5-8(4-2)13-11(14)9-6-7-10(17-9)12(15)16/h6-8H,3-5H2,1-2H3,(H,13,14)(H,15,16). The first-order chi connectivity index (χ1) is 8.08. The average Bonchev–Trinajstić information content (AvgIpc) is 2.77. The van der Waals surface area contributed by atoms with E-state index in [9.17, 15) is 9.59 Å². The molecule has 0 spiro atoms. The molecular weight excluding hydrogens is 222 g/mol. The Morgan fingerprint density at radius 2 is 2.00 bits per heavy atom. The predicted molar refractivity (Wildman–Crippen MR) is 62.1 cm³/mol. The maximum Gasteiger partial charge on any atom is 0.371 e. The summed E-state index contributed by atoms with van der Waals surface area (Å²) in [4.78, 5) is 22.3. The highest BCUT2D eigenvalue weighted by Crippen LogP contribution is 2.09. The van der Waals surface area contributed by atoms with Crippen LogP contribution in [0.25, 0.3) is 0 Å². The highest BCUT2D eigenvalue weighted by molar-refractivity contribution is 5.93. The minimum Gasteiger partial charge on any atom is -0.475 e. The zero-order valence-electron chi connectivity index (χ0n) is 10.0. The van der Waals surface area contributed by atoms with Crippen LogP contribution in [0.3, 0.4) is 0 Å². The zero-order valence-corrected chi connectivity index (χ0v) is 10.0. The van der Waals surface area contributed by atoms with Gasteiger partial charge in [-0.15, -0.1) is 0 Å². The number of amides is 1. The fourth-order valence-corrected chi connectivity index (χ4v) is 1.56. The van der Waals surface area contributed by atoms with Gasteiger partial charge in [0.05, 0.1) is 0 Å². The number of carboxylic acids is 1. The molecule has 0 fully saturated rings. The summed E-state index contributed by atoms with van der Waals surface area (Å²) in [5, 5.41) is 11.5. The molecule has 94 valence electrons. The Labute approximate surface area is 99.8 Å². The smallest absolute Gasteiger partial charge is 0.371 e. The van der Waals surface area contributed by atoms with E-state index in [1.54, 1.807) is 0 Å². The topological polar surface area (TPSA) is 79.5 Å². The molecule has 0 radical (unpaired) electrons. The first-order valence-corrected chi connectivity index (χ1v) is 5.72.